The predicted octanol–water partition coefficient (Wildman–Crippen LogP) is 3.83. The van der Waals surface area contributed by atoms with Crippen LogP contribution in [0.25, 0.3) is 10.9 Å². The number of ether oxygens (including phenoxy) is 1. The molecule has 1 fully saturated rings. The number of amides is 3. The van der Waals surface area contributed by atoms with Crippen LogP contribution in [0.1, 0.15) is 37.2 Å². The van der Waals surface area contributed by atoms with Crippen LogP contribution in [0.5, 0.6) is 5.75 Å². The minimum absolute atomic E-state index is 0.0124. The zero-order valence-electron chi connectivity index (χ0n) is 21.6. The Morgan fingerprint density at radius 1 is 1.26 bits per heavy atom. The summed E-state index contributed by atoms with van der Waals surface area (Å²) in [5, 5.41) is 12.8. The number of nitrogens with one attached hydrogen (secondary N) is 2. The van der Waals surface area contributed by atoms with Gasteiger partial charge in [-0.15, -0.1) is 0 Å². The number of fused-ring (bicyclic) bond motifs is 2. The molecule has 3 aromatic rings. The lowest BCUT2D eigenvalue weighted by atomic mass is 9.97. The van der Waals surface area contributed by atoms with E-state index in [1.807, 2.05) is 13.8 Å². The number of likely N-dealkylation sites (tertiary alicyclic amines) is 1. The van der Waals surface area contributed by atoms with Crippen molar-refractivity contribution in [3.05, 3.63) is 59.8 Å². The van der Waals surface area contributed by atoms with E-state index in [0.29, 0.717) is 11.4 Å². The largest absolute Gasteiger partial charge is 0.473 e. The number of carbonyl (C=O) groups excluding carboxylic acids is 3. The molecule has 0 saturated carbocycles. The summed E-state index contributed by atoms with van der Waals surface area (Å²) in [6.45, 7) is 3.61. The van der Waals surface area contributed by atoms with Crippen LogP contribution in [0, 0.1) is 28.9 Å². The van der Waals surface area contributed by atoms with Crippen molar-refractivity contribution in [2.75, 3.05) is 18.9 Å². The Bertz CT molecular complexity index is 1530. The molecular weight excluding hydrogens is 508 g/mol. The molecule has 3 atom stereocenters. The van der Waals surface area contributed by atoms with Gasteiger partial charge in [0.05, 0.1) is 23.8 Å². The highest BCUT2D eigenvalue weighted by molar-refractivity contribution is 6.03. The third-order valence-electron chi connectivity index (χ3n) is 7.26. The van der Waals surface area contributed by atoms with Crippen molar-refractivity contribution in [3.8, 4) is 11.8 Å². The van der Waals surface area contributed by atoms with Gasteiger partial charge in [0.15, 0.2) is 0 Å². The minimum atomic E-state index is -1.45. The Hall–Kier alpha value is -4.46. The first-order valence-electron chi connectivity index (χ1n) is 12.6. The highest BCUT2D eigenvalue weighted by atomic mass is 19.1. The van der Waals surface area contributed by atoms with Gasteiger partial charge >= 0.3 is 0 Å². The van der Waals surface area contributed by atoms with Crippen LogP contribution in [-0.2, 0) is 9.59 Å². The number of nitriles is 1. The quantitative estimate of drug-likeness (QED) is 0.515. The highest BCUT2D eigenvalue weighted by Gasteiger charge is 2.56. The third-order valence-corrected chi connectivity index (χ3v) is 7.26. The smallest absolute Gasteiger partial charge is 0.270 e. The van der Waals surface area contributed by atoms with Crippen molar-refractivity contribution < 1.29 is 27.9 Å². The average molecular weight is 536 g/mol. The highest BCUT2D eigenvalue weighted by Crippen LogP contribution is 2.40. The van der Waals surface area contributed by atoms with E-state index in [1.54, 1.807) is 24.3 Å². The molecule has 0 aliphatic carbocycles. The van der Waals surface area contributed by atoms with Crippen molar-refractivity contribution in [1.29, 1.82) is 5.26 Å². The van der Waals surface area contributed by atoms with Gasteiger partial charge in [-0.05, 0) is 36.6 Å². The van der Waals surface area contributed by atoms with Gasteiger partial charge in [0.1, 0.15) is 35.2 Å². The van der Waals surface area contributed by atoms with Gasteiger partial charge in [0.2, 0.25) is 11.5 Å². The number of H-pyrrole nitrogens is 1. The standard InChI is InChI=1S/C28H27F2N5O4/c1-15(2)8-23(34(3)25(36)22-11-18-19(30)9-16(29)10-21(18)32-22)26(37)35-14-28(12-17(35)13-31)27(38)33-20-6-4-5-7-24(20)39-28/h4-7,9-11,15,17,23,32H,8,12,14H2,1-3H3,(H,33,38)/t17-,23-,28+/m0/s1. The second kappa shape index (κ2) is 9.69. The molecule has 1 aromatic heterocycles. The predicted molar refractivity (Wildman–Crippen MR) is 138 cm³/mol. The maximum absolute atomic E-state index is 14.2. The lowest BCUT2D eigenvalue weighted by molar-refractivity contribution is -0.138. The number of rotatable bonds is 5. The lowest BCUT2D eigenvalue weighted by Gasteiger charge is -2.35. The molecule has 0 radical (unpaired) electrons. The van der Waals surface area contributed by atoms with E-state index in [9.17, 15) is 28.4 Å². The Kier molecular flexibility index (Phi) is 6.50. The molecule has 2 aromatic carbocycles. The first-order chi connectivity index (χ1) is 18.5. The summed E-state index contributed by atoms with van der Waals surface area (Å²) in [7, 11) is 1.45. The normalized spacial score (nSPS) is 20.9. The number of benzene rings is 2. The number of carbonyl (C=O) groups is 3. The number of anilines is 1. The van der Waals surface area contributed by atoms with Gasteiger partial charge in [-0.3, -0.25) is 14.4 Å². The molecule has 2 aliphatic rings. The summed E-state index contributed by atoms with van der Waals surface area (Å²) >= 11 is 0. The van der Waals surface area contributed by atoms with Crippen molar-refractivity contribution >= 4 is 34.3 Å². The molecule has 1 spiro atoms. The Morgan fingerprint density at radius 3 is 2.72 bits per heavy atom. The van der Waals surface area contributed by atoms with Gasteiger partial charge in [-0.1, -0.05) is 26.0 Å². The van der Waals surface area contributed by atoms with Gasteiger partial charge < -0.3 is 24.8 Å². The molecule has 1 saturated heterocycles. The summed E-state index contributed by atoms with van der Waals surface area (Å²) < 4.78 is 34.0. The van der Waals surface area contributed by atoms with Crippen LogP contribution in [0.3, 0.4) is 0 Å². The van der Waals surface area contributed by atoms with Crippen molar-refractivity contribution in [2.45, 2.75) is 44.4 Å². The van der Waals surface area contributed by atoms with E-state index in [4.69, 9.17) is 4.74 Å². The summed E-state index contributed by atoms with van der Waals surface area (Å²) in [4.78, 5) is 45.8. The number of hydrogen-bond acceptors (Lipinski definition) is 5. The Labute approximate surface area is 223 Å². The van der Waals surface area contributed by atoms with E-state index in [-0.39, 0.29) is 41.9 Å². The van der Waals surface area contributed by atoms with Crippen molar-refractivity contribution in [2.24, 2.45) is 5.92 Å². The molecule has 0 bridgehead atoms. The first-order valence-corrected chi connectivity index (χ1v) is 12.6. The lowest BCUT2D eigenvalue weighted by Crippen LogP contribution is -2.55. The van der Waals surface area contributed by atoms with E-state index < -0.39 is 47.0 Å². The second-order valence-corrected chi connectivity index (χ2v) is 10.5. The molecule has 2 aliphatic heterocycles. The van der Waals surface area contributed by atoms with E-state index in [2.05, 4.69) is 16.4 Å². The van der Waals surface area contributed by atoms with Crippen molar-refractivity contribution in [1.82, 2.24) is 14.8 Å². The minimum Gasteiger partial charge on any atom is -0.473 e. The number of aromatic nitrogens is 1. The number of hydrogen-bond donors (Lipinski definition) is 2. The summed E-state index contributed by atoms with van der Waals surface area (Å²) in [5.74, 6) is -2.74. The molecule has 3 heterocycles. The fraction of sp³-hybridized carbons (Fsp3) is 0.357. The molecule has 39 heavy (non-hydrogen) atoms. The molecular formula is C28H27F2N5O4. The van der Waals surface area contributed by atoms with Crippen LogP contribution in [0.15, 0.2) is 42.5 Å². The van der Waals surface area contributed by atoms with Gasteiger partial charge in [-0.25, -0.2) is 8.78 Å². The van der Waals surface area contributed by atoms with Gasteiger partial charge in [-0.2, -0.15) is 5.26 Å². The molecule has 5 rings (SSSR count). The Balaban J connectivity index is 1.44. The Morgan fingerprint density at radius 2 is 2.00 bits per heavy atom. The first kappa shape index (κ1) is 26.2. The maximum atomic E-state index is 14.2. The molecule has 9 nitrogen and oxygen atoms in total. The summed E-state index contributed by atoms with van der Waals surface area (Å²) in [6, 6.07) is 10.2. The number of halogens is 2. The number of nitrogens with zero attached hydrogens (tertiary/aromatic N) is 3. The number of aromatic amines is 1. The van der Waals surface area contributed by atoms with E-state index in [1.165, 1.54) is 22.9 Å². The zero-order chi connectivity index (χ0) is 28.1. The SMILES string of the molecule is CC(C)C[C@@H](C(=O)N1C[C@@]2(C[C@H]1C#N)Oc1ccccc1NC2=O)N(C)C(=O)c1cc2c(F)cc(F)cc2[nH]1. The molecule has 2 N–H and O–H groups in total. The van der Waals surface area contributed by atoms with Gasteiger partial charge in [0.25, 0.3) is 11.8 Å². The molecule has 11 heteroatoms. The third kappa shape index (κ3) is 4.56. The molecule has 3 amide bonds. The molecule has 0 unspecified atom stereocenters. The monoisotopic (exact) mass is 535 g/mol. The fourth-order valence-electron chi connectivity index (χ4n) is 5.28. The maximum Gasteiger partial charge on any atom is 0.270 e. The van der Waals surface area contributed by atoms with Crippen molar-refractivity contribution in [3.63, 3.8) is 0 Å². The van der Waals surface area contributed by atoms with Crippen LogP contribution < -0.4 is 10.1 Å². The zero-order valence-corrected chi connectivity index (χ0v) is 21.6. The average Bonchev–Trinajstić information content (AvgIpc) is 3.49. The van der Waals surface area contributed by atoms with Crippen LogP contribution in [0.2, 0.25) is 0 Å². The fourth-order valence-corrected chi connectivity index (χ4v) is 5.28. The second-order valence-electron chi connectivity index (χ2n) is 10.5. The van der Waals surface area contributed by atoms with E-state index in [0.717, 1.165) is 12.1 Å². The molecule has 202 valence electrons. The van der Waals surface area contributed by atoms with Crippen LogP contribution in [0.4, 0.5) is 14.5 Å². The topological polar surface area (TPSA) is 119 Å². The van der Waals surface area contributed by atoms with Crippen LogP contribution >= 0.6 is 0 Å². The summed E-state index contributed by atoms with van der Waals surface area (Å²) in [5.41, 5.74) is -0.847. The van der Waals surface area contributed by atoms with Crippen LogP contribution in [-0.4, -0.2) is 63.8 Å². The summed E-state index contributed by atoms with van der Waals surface area (Å²) in [6.07, 6.45) is 0.232. The van der Waals surface area contributed by atoms with Gasteiger partial charge in [0, 0.05) is 24.9 Å². The number of para-hydroxylation sites is 2. The van der Waals surface area contributed by atoms with E-state index >= 15 is 0 Å². The number of likely N-dealkylation sites (N-methyl/N-ethyl adjacent to an activating group) is 1.